The molecule has 0 aliphatic heterocycles. The molecule has 0 atom stereocenters. The highest BCUT2D eigenvalue weighted by molar-refractivity contribution is 5.87. The zero-order chi connectivity index (χ0) is 33.0. The quantitative estimate of drug-likeness (QED) is 0.0601. The summed E-state index contributed by atoms with van der Waals surface area (Å²) in [7, 11) is 0. The first-order valence-electron chi connectivity index (χ1n) is 14.8. The molecular weight excluding hydrogens is 588 g/mol. The second-order valence-electron chi connectivity index (χ2n) is 11.4. The molecule has 0 saturated carbocycles. The average Bonchev–Trinajstić information content (AvgIpc) is 3.04. The van der Waals surface area contributed by atoms with Crippen LogP contribution in [0.25, 0.3) is 6.08 Å². The third-order valence-electron chi connectivity index (χ3n) is 7.21. The van der Waals surface area contributed by atoms with Crippen LogP contribution in [0.15, 0.2) is 103 Å². The number of benzene rings is 4. The van der Waals surface area contributed by atoms with Gasteiger partial charge in [0, 0.05) is 29.3 Å². The third-order valence-corrected chi connectivity index (χ3v) is 7.21. The smallest absolute Gasteiger partial charge is 0.426 e. The maximum atomic E-state index is 14.9. The number of carbonyl (C=O) groups excluding carboxylic acids is 1. The molecule has 0 aliphatic carbocycles. The van der Waals surface area contributed by atoms with Gasteiger partial charge in [-0.2, -0.15) is 14.0 Å². The topological polar surface area (TPSA) is 121 Å². The van der Waals surface area contributed by atoms with Crippen LogP contribution >= 0.6 is 0 Å². The molecule has 0 aromatic heterocycles. The Balaban J connectivity index is 1.34. The standard InChI is InChI=1S/C37H37F2N3O4/c1-36(24-28-6-13-31(41)14-7-28,25-29-8-15-32(42)16-9-29)26-45-35(43)21-10-27-4-11-30(12-5-27)37(38,39)46-34-19-17-33(18-20-34)44-23-3-2-22-40/h4-21H,2-3,23-26,41-42H2,1H3/b21-10+. The molecule has 7 nitrogen and oxygen atoms in total. The van der Waals surface area contributed by atoms with Crippen LogP contribution in [0, 0.1) is 16.7 Å². The molecule has 4 aromatic rings. The molecule has 4 aromatic carbocycles. The van der Waals surface area contributed by atoms with Crippen LogP contribution in [-0.2, 0) is 28.5 Å². The summed E-state index contributed by atoms with van der Waals surface area (Å²) >= 11 is 0. The molecule has 0 aliphatic rings. The fourth-order valence-corrected chi connectivity index (χ4v) is 4.82. The van der Waals surface area contributed by atoms with E-state index >= 15 is 0 Å². The van der Waals surface area contributed by atoms with Gasteiger partial charge in [0.1, 0.15) is 11.5 Å². The van der Waals surface area contributed by atoms with E-state index in [1.807, 2.05) is 54.6 Å². The van der Waals surface area contributed by atoms with Gasteiger partial charge in [-0.3, -0.25) is 0 Å². The first-order valence-corrected chi connectivity index (χ1v) is 14.8. The van der Waals surface area contributed by atoms with Crippen molar-refractivity contribution in [1.29, 1.82) is 5.26 Å². The molecule has 0 unspecified atom stereocenters. The fraction of sp³-hybridized carbons (Fsp3) is 0.243. The maximum Gasteiger partial charge on any atom is 0.426 e. The number of ether oxygens (including phenoxy) is 3. The molecule has 0 saturated heterocycles. The Kier molecular flexibility index (Phi) is 11.4. The van der Waals surface area contributed by atoms with Crippen LogP contribution < -0.4 is 20.9 Å². The van der Waals surface area contributed by atoms with Crippen molar-refractivity contribution in [2.75, 3.05) is 24.7 Å². The first-order chi connectivity index (χ1) is 22.0. The zero-order valence-electron chi connectivity index (χ0n) is 25.6. The van der Waals surface area contributed by atoms with Crippen LogP contribution in [-0.4, -0.2) is 19.2 Å². The lowest BCUT2D eigenvalue weighted by atomic mass is 9.79. The number of unbranched alkanes of at least 4 members (excludes halogenated alkanes) is 1. The lowest BCUT2D eigenvalue weighted by Crippen LogP contribution is -2.30. The number of anilines is 2. The van der Waals surface area contributed by atoms with E-state index in [1.165, 1.54) is 60.7 Å². The Bertz CT molecular complexity index is 1580. The Labute approximate surface area is 268 Å². The van der Waals surface area contributed by atoms with E-state index in [2.05, 4.69) is 6.92 Å². The predicted octanol–water partition coefficient (Wildman–Crippen LogP) is 7.71. The number of nitrogen functional groups attached to an aromatic ring is 2. The van der Waals surface area contributed by atoms with Gasteiger partial charge in [0.2, 0.25) is 0 Å². The highest BCUT2D eigenvalue weighted by Crippen LogP contribution is 2.33. The second kappa shape index (κ2) is 15.6. The van der Waals surface area contributed by atoms with Gasteiger partial charge in [0.15, 0.2) is 0 Å². The first kappa shape index (κ1) is 33.5. The van der Waals surface area contributed by atoms with Gasteiger partial charge in [-0.1, -0.05) is 43.3 Å². The summed E-state index contributed by atoms with van der Waals surface area (Å²) in [6.45, 7) is 2.57. The number of halogens is 2. The maximum absolute atomic E-state index is 14.9. The van der Waals surface area contributed by atoms with Gasteiger partial charge in [-0.05, 0) is 103 Å². The van der Waals surface area contributed by atoms with E-state index in [4.69, 9.17) is 30.9 Å². The van der Waals surface area contributed by atoms with E-state index in [-0.39, 0.29) is 17.9 Å². The summed E-state index contributed by atoms with van der Waals surface area (Å²) in [6.07, 6.45) is 1.45. The van der Waals surface area contributed by atoms with E-state index < -0.39 is 17.5 Å². The van der Waals surface area contributed by atoms with E-state index in [1.54, 1.807) is 0 Å². The molecule has 4 rings (SSSR count). The number of alkyl halides is 2. The van der Waals surface area contributed by atoms with E-state index in [0.29, 0.717) is 55.0 Å². The second-order valence-corrected chi connectivity index (χ2v) is 11.4. The van der Waals surface area contributed by atoms with Crippen LogP contribution in [0.2, 0.25) is 0 Å². The molecule has 238 valence electrons. The molecular formula is C37H37F2N3O4. The summed E-state index contributed by atoms with van der Waals surface area (Å²) in [5, 5.41) is 8.58. The molecule has 0 heterocycles. The van der Waals surface area contributed by atoms with Crippen molar-refractivity contribution >= 4 is 23.4 Å². The summed E-state index contributed by atoms with van der Waals surface area (Å²) in [6, 6.07) is 28.5. The average molecular weight is 626 g/mol. The van der Waals surface area contributed by atoms with Crippen molar-refractivity contribution in [1.82, 2.24) is 0 Å². The minimum Gasteiger partial charge on any atom is -0.494 e. The highest BCUT2D eigenvalue weighted by atomic mass is 19.3. The van der Waals surface area contributed by atoms with Crippen molar-refractivity contribution in [2.45, 2.75) is 38.7 Å². The monoisotopic (exact) mass is 625 g/mol. The minimum atomic E-state index is -3.59. The number of hydrogen-bond donors (Lipinski definition) is 2. The van der Waals surface area contributed by atoms with Crippen molar-refractivity contribution in [3.05, 3.63) is 125 Å². The van der Waals surface area contributed by atoms with E-state index in [0.717, 1.165) is 11.1 Å². The normalized spacial score (nSPS) is 11.6. The van der Waals surface area contributed by atoms with Gasteiger partial charge in [-0.15, -0.1) is 0 Å². The lowest BCUT2D eigenvalue weighted by molar-refractivity contribution is -0.185. The van der Waals surface area contributed by atoms with Crippen molar-refractivity contribution < 1.29 is 27.8 Å². The fourth-order valence-electron chi connectivity index (χ4n) is 4.82. The van der Waals surface area contributed by atoms with Crippen LogP contribution in [0.1, 0.15) is 42.0 Å². The van der Waals surface area contributed by atoms with Gasteiger partial charge in [0.25, 0.3) is 0 Å². The van der Waals surface area contributed by atoms with Crippen molar-refractivity contribution in [3.8, 4) is 17.6 Å². The Morgan fingerprint density at radius 2 is 1.37 bits per heavy atom. The SMILES string of the molecule is CC(COC(=O)/C=C/c1ccc(C(F)(F)Oc2ccc(OCCCC#N)cc2)cc1)(Cc1ccc(N)cc1)Cc1ccc(N)cc1. The molecule has 0 spiro atoms. The van der Waals surface area contributed by atoms with Gasteiger partial charge < -0.3 is 25.7 Å². The molecule has 4 N–H and O–H groups in total. The predicted molar refractivity (Wildman–Crippen MR) is 175 cm³/mol. The van der Waals surface area contributed by atoms with Crippen LogP contribution in [0.5, 0.6) is 11.5 Å². The minimum absolute atomic E-state index is 0.0270. The summed E-state index contributed by atoms with van der Waals surface area (Å²) in [5.74, 6) is -0.0755. The Hall–Kier alpha value is -5.36. The molecule has 0 radical (unpaired) electrons. The molecule has 46 heavy (non-hydrogen) atoms. The van der Waals surface area contributed by atoms with Gasteiger partial charge >= 0.3 is 12.1 Å². The molecule has 9 heteroatoms. The number of carbonyl (C=O) groups is 1. The number of nitrogens with two attached hydrogens (primary N) is 2. The summed E-state index contributed by atoms with van der Waals surface area (Å²) in [4.78, 5) is 12.7. The van der Waals surface area contributed by atoms with Crippen molar-refractivity contribution in [3.63, 3.8) is 0 Å². The Morgan fingerprint density at radius 3 is 1.91 bits per heavy atom. The molecule has 0 bridgehead atoms. The van der Waals surface area contributed by atoms with Gasteiger partial charge in [0.05, 0.1) is 24.8 Å². The van der Waals surface area contributed by atoms with Crippen LogP contribution in [0.4, 0.5) is 20.2 Å². The summed E-state index contributed by atoms with van der Waals surface area (Å²) in [5.41, 5.74) is 14.9. The van der Waals surface area contributed by atoms with Crippen molar-refractivity contribution in [2.24, 2.45) is 5.41 Å². The molecule has 0 amide bonds. The largest absolute Gasteiger partial charge is 0.494 e. The summed E-state index contributed by atoms with van der Waals surface area (Å²) < 4.78 is 45.8. The van der Waals surface area contributed by atoms with Crippen LogP contribution in [0.3, 0.4) is 0 Å². The third kappa shape index (κ3) is 10.4. The highest BCUT2D eigenvalue weighted by Gasteiger charge is 2.34. The number of hydrogen-bond acceptors (Lipinski definition) is 7. The van der Waals surface area contributed by atoms with E-state index in [9.17, 15) is 13.6 Å². The lowest BCUT2D eigenvalue weighted by Gasteiger charge is -2.29. The molecule has 0 fully saturated rings. The Morgan fingerprint density at radius 1 is 0.826 bits per heavy atom. The number of rotatable bonds is 15. The number of nitrogens with zero attached hydrogens (tertiary/aromatic N) is 1. The zero-order valence-corrected chi connectivity index (χ0v) is 25.6. The number of nitriles is 1. The number of esters is 1. The van der Waals surface area contributed by atoms with Gasteiger partial charge in [-0.25, -0.2) is 4.79 Å².